The Balaban J connectivity index is 1.92. The molecule has 0 saturated carbocycles. The molecule has 0 amide bonds. The highest BCUT2D eigenvalue weighted by molar-refractivity contribution is 7.99. The van der Waals surface area contributed by atoms with Gasteiger partial charge in [0.1, 0.15) is 0 Å². The second-order valence-corrected chi connectivity index (χ2v) is 6.55. The summed E-state index contributed by atoms with van der Waals surface area (Å²) in [5.74, 6) is 3.50. The van der Waals surface area contributed by atoms with E-state index < -0.39 is 0 Å². The van der Waals surface area contributed by atoms with Crippen molar-refractivity contribution in [1.29, 1.82) is 0 Å². The summed E-state index contributed by atoms with van der Waals surface area (Å²) >= 11 is 2.10. The highest BCUT2D eigenvalue weighted by Crippen LogP contribution is 2.29. The van der Waals surface area contributed by atoms with Crippen LogP contribution in [-0.4, -0.2) is 66.1 Å². The smallest absolute Gasteiger partial charge is 0.0255 e. The van der Waals surface area contributed by atoms with E-state index in [9.17, 15) is 0 Å². The molecule has 3 nitrogen and oxygen atoms in total. The second kappa shape index (κ2) is 6.41. The maximum Gasteiger partial charge on any atom is 0.0255 e. The summed E-state index contributed by atoms with van der Waals surface area (Å²) in [6.07, 6.45) is 1.37. The highest BCUT2D eigenvalue weighted by Gasteiger charge is 2.32. The van der Waals surface area contributed by atoms with Crippen molar-refractivity contribution in [1.82, 2.24) is 9.80 Å². The standard InChI is InChI=1S/C13H27N3S/c1-3-15-5-6-16(9-11(15)2)13(8-14)12-4-7-17-10-12/h11-13H,3-10,14H2,1-2H3. The minimum atomic E-state index is 0.631. The lowest BCUT2D eigenvalue weighted by Gasteiger charge is -2.44. The normalized spacial score (nSPS) is 34.1. The Labute approximate surface area is 110 Å². The van der Waals surface area contributed by atoms with Crippen LogP contribution in [0, 0.1) is 5.92 Å². The molecule has 17 heavy (non-hydrogen) atoms. The van der Waals surface area contributed by atoms with Gasteiger partial charge in [0, 0.05) is 38.3 Å². The first-order valence-electron chi connectivity index (χ1n) is 7.02. The lowest BCUT2D eigenvalue weighted by atomic mass is 9.96. The minimum Gasteiger partial charge on any atom is -0.329 e. The van der Waals surface area contributed by atoms with Crippen LogP contribution < -0.4 is 5.73 Å². The monoisotopic (exact) mass is 257 g/mol. The molecule has 0 spiro atoms. The molecule has 2 heterocycles. The number of likely N-dealkylation sites (N-methyl/N-ethyl adjacent to an activating group) is 1. The lowest BCUT2D eigenvalue weighted by molar-refractivity contribution is 0.0451. The van der Waals surface area contributed by atoms with E-state index in [1.165, 1.54) is 44.1 Å². The third-order valence-corrected chi connectivity index (χ3v) is 5.61. The molecular weight excluding hydrogens is 230 g/mol. The summed E-state index contributed by atoms with van der Waals surface area (Å²) in [5.41, 5.74) is 6.03. The number of hydrogen-bond acceptors (Lipinski definition) is 4. The zero-order chi connectivity index (χ0) is 12.3. The Morgan fingerprint density at radius 2 is 2.24 bits per heavy atom. The van der Waals surface area contributed by atoms with Crippen LogP contribution >= 0.6 is 11.8 Å². The lowest BCUT2D eigenvalue weighted by Crippen LogP contribution is -2.57. The molecule has 0 bridgehead atoms. The topological polar surface area (TPSA) is 32.5 Å². The molecule has 4 heteroatoms. The molecule has 0 aromatic heterocycles. The van der Waals surface area contributed by atoms with Gasteiger partial charge >= 0.3 is 0 Å². The van der Waals surface area contributed by atoms with Gasteiger partial charge in [-0.25, -0.2) is 0 Å². The summed E-state index contributed by atoms with van der Waals surface area (Å²) in [6, 6.07) is 1.32. The summed E-state index contributed by atoms with van der Waals surface area (Å²) in [5, 5.41) is 0. The van der Waals surface area contributed by atoms with E-state index in [1.807, 2.05) is 0 Å². The molecule has 2 aliphatic heterocycles. The molecule has 2 saturated heterocycles. The third-order valence-electron chi connectivity index (χ3n) is 4.42. The fourth-order valence-corrected chi connectivity index (χ4v) is 4.62. The van der Waals surface area contributed by atoms with Crippen LogP contribution in [0.3, 0.4) is 0 Å². The Morgan fingerprint density at radius 1 is 1.41 bits per heavy atom. The zero-order valence-corrected chi connectivity index (χ0v) is 12.1. The number of nitrogens with zero attached hydrogens (tertiary/aromatic N) is 2. The van der Waals surface area contributed by atoms with Gasteiger partial charge in [-0.3, -0.25) is 9.80 Å². The molecule has 100 valence electrons. The van der Waals surface area contributed by atoms with E-state index in [-0.39, 0.29) is 0 Å². The van der Waals surface area contributed by atoms with Crippen molar-refractivity contribution in [2.45, 2.75) is 32.4 Å². The van der Waals surface area contributed by atoms with Gasteiger partial charge in [0.15, 0.2) is 0 Å². The van der Waals surface area contributed by atoms with Gasteiger partial charge in [-0.05, 0) is 37.3 Å². The number of hydrogen-bond donors (Lipinski definition) is 1. The third kappa shape index (κ3) is 3.16. The van der Waals surface area contributed by atoms with Crippen molar-refractivity contribution in [3.05, 3.63) is 0 Å². The van der Waals surface area contributed by atoms with Crippen molar-refractivity contribution in [3.8, 4) is 0 Å². The molecule has 2 rings (SSSR count). The van der Waals surface area contributed by atoms with Gasteiger partial charge in [-0.15, -0.1) is 0 Å². The molecule has 2 N–H and O–H groups in total. The summed E-state index contributed by atoms with van der Waals surface area (Å²) in [7, 11) is 0. The molecule has 2 fully saturated rings. The molecule has 3 unspecified atom stereocenters. The van der Waals surface area contributed by atoms with Crippen molar-refractivity contribution >= 4 is 11.8 Å². The SMILES string of the molecule is CCN1CCN(C(CN)C2CCSC2)CC1C. The van der Waals surface area contributed by atoms with Crippen LogP contribution in [0.5, 0.6) is 0 Å². The Bertz CT molecular complexity index is 231. The van der Waals surface area contributed by atoms with E-state index in [2.05, 4.69) is 35.4 Å². The first-order chi connectivity index (χ1) is 8.26. The summed E-state index contributed by atoms with van der Waals surface area (Å²) in [6.45, 7) is 10.3. The van der Waals surface area contributed by atoms with Gasteiger partial charge in [0.25, 0.3) is 0 Å². The predicted molar refractivity (Wildman–Crippen MR) is 76.6 cm³/mol. The molecular formula is C13H27N3S. The quantitative estimate of drug-likeness (QED) is 0.817. The fourth-order valence-electron chi connectivity index (χ4n) is 3.29. The van der Waals surface area contributed by atoms with Gasteiger partial charge in [-0.1, -0.05) is 6.92 Å². The van der Waals surface area contributed by atoms with Crippen LogP contribution in [-0.2, 0) is 0 Å². The molecule has 0 aromatic rings. The van der Waals surface area contributed by atoms with Crippen LogP contribution in [0.4, 0.5) is 0 Å². The number of nitrogens with two attached hydrogens (primary N) is 1. The van der Waals surface area contributed by atoms with Crippen molar-refractivity contribution in [3.63, 3.8) is 0 Å². The molecule has 2 aliphatic rings. The summed E-state index contributed by atoms with van der Waals surface area (Å²) < 4.78 is 0. The molecule has 0 aliphatic carbocycles. The predicted octanol–water partition coefficient (Wildman–Crippen LogP) is 1.09. The fraction of sp³-hybridized carbons (Fsp3) is 1.00. The average Bonchev–Trinajstić information content (AvgIpc) is 2.84. The molecule has 0 radical (unpaired) electrons. The number of piperazine rings is 1. The van der Waals surface area contributed by atoms with Crippen LogP contribution in [0.15, 0.2) is 0 Å². The second-order valence-electron chi connectivity index (χ2n) is 5.40. The van der Waals surface area contributed by atoms with E-state index in [4.69, 9.17) is 5.73 Å². The number of rotatable bonds is 4. The zero-order valence-electron chi connectivity index (χ0n) is 11.3. The molecule has 3 atom stereocenters. The largest absolute Gasteiger partial charge is 0.329 e. The first kappa shape index (κ1) is 13.7. The van der Waals surface area contributed by atoms with Gasteiger partial charge in [0.2, 0.25) is 0 Å². The van der Waals surface area contributed by atoms with Crippen molar-refractivity contribution in [2.75, 3.05) is 44.2 Å². The van der Waals surface area contributed by atoms with Crippen LogP contribution in [0.25, 0.3) is 0 Å². The first-order valence-corrected chi connectivity index (χ1v) is 8.17. The van der Waals surface area contributed by atoms with Gasteiger partial charge in [0.05, 0.1) is 0 Å². The highest BCUT2D eigenvalue weighted by atomic mass is 32.2. The van der Waals surface area contributed by atoms with E-state index in [0.29, 0.717) is 12.1 Å². The average molecular weight is 257 g/mol. The van der Waals surface area contributed by atoms with Gasteiger partial charge < -0.3 is 5.73 Å². The van der Waals surface area contributed by atoms with E-state index in [0.717, 1.165) is 12.5 Å². The minimum absolute atomic E-state index is 0.631. The maximum atomic E-state index is 6.03. The van der Waals surface area contributed by atoms with E-state index in [1.54, 1.807) is 0 Å². The molecule has 0 aromatic carbocycles. The van der Waals surface area contributed by atoms with Crippen molar-refractivity contribution in [2.24, 2.45) is 11.7 Å². The summed E-state index contributed by atoms with van der Waals surface area (Å²) in [4.78, 5) is 5.24. The Hall–Kier alpha value is 0.230. The maximum absolute atomic E-state index is 6.03. The van der Waals surface area contributed by atoms with Gasteiger partial charge in [-0.2, -0.15) is 11.8 Å². The van der Waals surface area contributed by atoms with Crippen molar-refractivity contribution < 1.29 is 0 Å². The number of thioether (sulfide) groups is 1. The van der Waals surface area contributed by atoms with E-state index >= 15 is 0 Å². The van der Waals surface area contributed by atoms with Crippen LogP contribution in [0.2, 0.25) is 0 Å². The Kier molecular flexibility index (Phi) is 5.15. The van der Waals surface area contributed by atoms with Crippen LogP contribution in [0.1, 0.15) is 20.3 Å². The Morgan fingerprint density at radius 3 is 2.76 bits per heavy atom.